The summed E-state index contributed by atoms with van der Waals surface area (Å²) >= 11 is 0. The number of hydrogen-bond acceptors (Lipinski definition) is 3. The summed E-state index contributed by atoms with van der Waals surface area (Å²) in [6.07, 6.45) is 10.7. The molecule has 2 aromatic rings. The fourth-order valence-corrected chi connectivity index (χ4v) is 4.46. The van der Waals surface area contributed by atoms with Crippen LogP contribution < -0.4 is 0 Å². The van der Waals surface area contributed by atoms with Crippen molar-refractivity contribution in [1.29, 1.82) is 0 Å². The molecule has 0 amide bonds. The zero-order chi connectivity index (χ0) is 15.6. The van der Waals surface area contributed by atoms with Gasteiger partial charge in [-0.05, 0) is 88.9 Å². The van der Waals surface area contributed by atoms with Gasteiger partial charge in [0.05, 0.1) is 0 Å². The molecule has 2 fully saturated rings. The predicted octanol–water partition coefficient (Wildman–Crippen LogP) is 3.23. The van der Waals surface area contributed by atoms with Gasteiger partial charge in [-0.25, -0.2) is 4.98 Å². The van der Waals surface area contributed by atoms with Crippen molar-refractivity contribution in [3.63, 3.8) is 0 Å². The second-order valence-corrected chi connectivity index (χ2v) is 7.32. The van der Waals surface area contributed by atoms with Gasteiger partial charge in [-0.3, -0.25) is 0 Å². The van der Waals surface area contributed by atoms with Crippen LogP contribution in [0.2, 0.25) is 0 Å². The van der Waals surface area contributed by atoms with Crippen molar-refractivity contribution in [1.82, 2.24) is 19.8 Å². The first kappa shape index (κ1) is 15.2. The van der Waals surface area contributed by atoms with E-state index in [1.165, 1.54) is 69.2 Å². The van der Waals surface area contributed by atoms with Crippen molar-refractivity contribution in [2.75, 3.05) is 33.2 Å². The summed E-state index contributed by atoms with van der Waals surface area (Å²) in [7, 11) is 2.29. The number of H-pyrrole nitrogens is 1. The van der Waals surface area contributed by atoms with E-state index in [2.05, 4.69) is 39.1 Å². The normalized spacial score (nSPS) is 24.7. The van der Waals surface area contributed by atoms with Gasteiger partial charge >= 0.3 is 0 Å². The van der Waals surface area contributed by atoms with Crippen LogP contribution in [0.25, 0.3) is 11.0 Å². The number of pyridine rings is 1. The Bertz CT molecular complexity index is 642. The molecule has 1 N–H and O–H groups in total. The van der Waals surface area contributed by atoms with Crippen molar-refractivity contribution in [2.45, 2.75) is 44.1 Å². The zero-order valence-corrected chi connectivity index (χ0v) is 14.2. The Morgan fingerprint density at radius 1 is 1.22 bits per heavy atom. The van der Waals surface area contributed by atoms with Crippen molar-refractivity contribution >= 4 is 11.0 Å². The van der Waals surface area contributed by atoms with Gasteiger partial charge in [0.15, 0.2) is 0 Å². The highest BCUT2D eigenvalue weighted by Crippen LogP contribution is 2.32. The van der Waals surface area contributed by atoms with Gasteiger partial charge in [0.25, 0.3) is 0 Å². The van der Waals surface area contributed by atoms with Crippen molar-refractivity contribution in [2.24, 2.45) is 0 Å². The highest BCUT2D eigenvalue weighted by molar-refractivity contribution is 5.80. The van der Waals surface area contributed by atoms with Crippen LogP contribution in [-0.4, -0.2) is 59.0 Å². The van der Waals surface area contributed by atoms with E-state index >= 15 is 0 Å². The molecule has 0 saturated carbocycles. The van der Waals surface area contributed by atoms with Crippen molar-refractivity contribution in [3.8, 4) is 0 Å². The lowest BCUT2D eigenvalue weighted by Crippen LogP contribution is -2.36. The summed E-state index contributed by atoms with van der Waals surface area (Å²) in [5, 5.41) is 1.32. The molecule has 4 nitrogen and oxygen atoms in total. The van der Waals surface area contributed by atoms with E-state index in [4.69, 9.17) is 0 Å². The quantitative estimate of drug-likeness (QED) is 0.941. The maximum Gasteiger partial charge on any atom is 0.137 e. The minimum absolute atomic E-state index is 0.693. The molecule has 4 heteroatoms. The first-order chi connectivity index (χ1) is 11.3. The number of hydrogen-bond donors (Lipinski definition) is 1. The molecule has 2 aromatic heterocycles. The monoisotopic (exact) mass is 312 g/mol. The summed E-state index contributed by atoms with van der Waals surface area (Å²) in [6.45, 7) is 5.06. The minimum atomic E-state index is 0.693. The third kappa shape index (κ3) is 3.15. The van der Waals surface area contributed by atoms with Crippen molar-refractivity contribution < 1.29 is 0 Å². The van der Waals surface area contributed by atoms with Crippen LogP contribution in [0.3, 0.4) is 0 Å². The minimum Gasteiger partial charge on any atom is -0.346 e. The van der Waals surface area contributed by atoms with Crippen molar-refractivity contribution in [3.05, 3.63) is 30.1 Å². The third-order valence-corrected chi connectivity index (χ3v) is 5.96. The lowest BCUT2D eigenvalue weighted by atomic mass is 9.89. The Morgan fingerprint density at radius 3 is 2.87 bits per heavy atom. The molecule has 2 aliphatic heterocycles. The van der Waals surface area contributed by atoms with Crippen LogP contribution >= 0.6 is 0 Å². The second-order valence-electron chi connectivity index (χ2n) is 7.32. The molecule has 124 valence electrons. The molecule has 2 aliphatic rings. The Labute approximate surface area is 138 Å². The molecule has 0 aliphatic carbocycles. The van der Waals surface area contributed by atoms with E-state index in [-0.39, 0.29) is 0 Å². The van der Waals surface area contributed by atoms with E-state index in [0.717, 1.165) is 11.7 Å². The average molecular weight is 312 g/mol. The Hall–Kier alpha value is -1.39. The largest absolute Gasteiger partial charge is 0.346 e. The molecule has 0 aromatic carbocycles. The van der Waals surface area contributed by atoms with Crippen LogP contribution in [0, 0.1) is 0 Å². The highest BCUT2D eigenvalue weighted by Gasteiger charge is 2.25. The summed E-state index contributed by atoms with van der Waals surface area (Å²) in [5.41, 5.74) is 2.51. The lowest BCUT2D eigenvalue weighted by Gasteiger charge is -2.33. The standard InChI is InChI=1S/C19H28N4/c1-22-10-3-4-16(22)8-13-23-11-6-15(7-12-23)18-14-21-19-17(18)5-2-9-20-19/h2,5,9,14-16H,3-4,6-8,10-13H2,1H3,(H,20,21). The Balaban J connectivity index is 1.32. The lowest BCUT2D eigenvalue weighted by molar-refractivity contribution is 0.186. The number of likely N-dealkylation sites (tertiary alicyclic amines) is 2. The number of piperidine rings is 1. The van der Waals surface area contributed by atoms with Gasteiger partial charge in [0.2, 0.25) is 0 Å². The Morgan fingerprint density at radius 2 is 2.09 bits per heavy atom. The molecule has 2 saturated heterocycles. The van der Waals surface area contributed by atoms with Gasteiger partial charge < -0.3 is 14.8 Å². The van der Waals surface area contributed by atoms with E-state index in [9.17, 15) is 0 Å². The number of nitrogens with one attached hydrogen (secondary N) is 1. The number of rotatable bonds is 4. The predicted molar refractivity (Wildman–Crippen MR) is 94.8 cm³/mol. The number of aromatic amines is 1. The van der Waals surface area contributed by atoms with E-state index in [1.54, 1.807) is 0 Å². The molecule has 23 heavy (non-hydrogen) atoms. The SMILES string of the molecule is CN1CCCC1CCN1CCC(c2c[nH]c3ncccc23)CC1. The first-order valence-electron chi connectivity index (χ1n) is 9.16. The molecular formula is C19H28N4. The molecular weight excluding hydrogens is 284 g/mol. The van der Waals surface area contributed by atoms with Crippen LogP contribution in [0.5, 0.6) is 0 Å². The van der Waals surface area contributed by atoms with Gasteiger partial charge in [-0.1, -0.05) is 0 Å². The summed E-state index contributed by atoms with van der Waals surface area (Å²) in [4.78, 5) is 13.0. The van der Waals surface area contributed by atoms with E-state index in [1.807, 2.05) is 12.3 Å². The highest BCUT2D eigenvalue weighted by atomic mass is 15.2. The third-order valence-electron chi connectivity index (χ3n) is 5.96. The molecule has 1 atom stereocenters. The zero-order valence-electron chi connectivity index (χ0n) is 14.2. The van der Waals surface area contributed by atoms with Gasteiger partial charge in [-0.2, -0.15) is 0 Å². The van der Waals surface area contributed by atoms with Gasteiger partial charge in [0, 0.05) is 23.8 Å². The fourth-order valence-electron chi connectivity index (χ4n) is 4.46. The number of nitrogens with zero attached hydrogens (tertiary/aromatic N) is 3. The van der Waals surface area contributed by atoms with Gasteiger partial charge in [-0.15, -0.1) is 0 Å². The topological polar surface area (TPSA) is 35.2 Å². The fraction of sp³-hybridized carbons (Fsp3) is 0.632. The molecule has 4 rings (SSSR count). The number of fused-ring (bicyclic) bond motifs is 1. The second kappa shape index (κ2) is 6.62. The van der Waals surface area contributed by atoms with Crippen LogP contribution in [0.1, 0.15) is 43.6 Å². The summed E-state index contributed by atoms with van der Waals surface area (Å²) in [5.74, 6) is 0.693. The van der Waals surface area contributed by atoms with Crippen LogP contribution in [0.4, 0.5) is 0 Å². The van der Waals surface area contributed by atoms with E-state index < -0.39 is 0 Å². The Kier molecular flexibility index (Phi) is 4.36. The molecule has 1 unspecified atom stereocenters. The maximum absolute atomic E-state index is 4.42. The summed E-state index contributed by atoms with van der Waals surface area (Å²) in [6, 6.07) is 5.08. The van der Waals surface area contributed by atoms with E-state index in [0.29, 0.717) is 5.92 Å². The molecule has 4 heterocycles. The average Bonchev–Trinajstić information content (AvgIpc) is 3.20. The first-order valence-corrected chi connectivity index (χ1v) is 9.16. The smallest absolute Gasteiger partial charge is 0.137 e. The summed E-state index contributed by atoms with van der Waals surface area (Å²) < 4.78 is 0. The molecule has 0 spiro atoms. The van der Waals surface area contributed by atoms with Crippen LogP contribution in [-0.2, 0) is 0 Å². The molecule has 0 radical (unpaired) electrons. The molecule has 0 bridgehead atoms. The maximum atomic E-state index is 4.42. The van der Waals surface area contributed by atoms with Gasteiger partial charge in [0.1, 0.15) is 5.65 Å². The van der Waals surface area contributed by atoms with Crippen LogP contribution in [0.15, 0.2) is 24.5 Å². The number of aromatic nitrogens is 2.